The van der Waals surface area contributed by atoms with E-state index in [4.69, 9.17) is 4.42 Å². The number of rotatable bonds is 6. The SMILES string of the molecule is CNc1nc(SCc2ccc([NH+]=O)o2)c(C#N)c(-c2ccccc2)c1C#N. The molecule has 3 rings (SSSR count). The normalized spacial score (nSPS) is 10.0. The lowest BCUT2D eigenvalue weighted by molar-refractivity contribution is -0.398. The molecule has 0 aliphatic heterocycles. The van der Waals surface area contributed by atoms with Gasteiger partial charge in [0.25, 0.3) is 0 Å². The number of nitroso groups, excluding NO2 is 1. The van der Waals surface area contributed by atoms with Crippen LogP contribution in [0.4, 0.5) is 11.7 Å². The maximum atomic E-state index is 10.6. The van der Waals surface area contributed by atoms with Crippen molar-refractivity contribution in [1.29, 1.82) is 10.5 Å². The molecule has 8 heteroatoms. The molecular weight excluding hydrogens is 362 g/mol. The molecule has 2 N–H and O–H groups in total. The number of hydrogen-bond acceptors (Lipinski definition) is 7. The number of hydrogen-bond donors (Lipinski definition) is 2. The van der Waals surface area contributed by atoms with Gasteiger partial charge in [-0.2, -0.15) is 10.5 Å². The highest BCUT2D eigenvalue weighted by atomic mass is 32.2. The summed E-state index contributed by atoms with van der Waals surface area (Å²) in [5.74, 6) is 1.48. The van der Waals surface area contributed by atoms with Crippen molar-refractivity contribution in [2.75, 3.05) is 12.4 Å². The fraction of sp³-hybridized carbons (Fsp3) is 0.105. The fourth-order valence-corrected chi connectivity index (χ4v) is 3.49. The van der Waals surface area contributed by atoms with Gasteiger partial charge in [-0.1, -0.05) is 42.1 Å². The van der Waals surface area contributed by atoms with Crippen LogP contribution in [-0.4, -0.2) is 12.0 Å². The molecule has 0 radical (unpaired) electrons. The van der Waals surface area contributed by atoms with Gasteiger partial charge in [0.2, 0.25) is 0 Å². The maximum absolute atomic E-state index is 10.6. The molecule has 2 heterocycles. The van der Waals surface area contributed by atoms with Crippen LogP contribution in [0.25, 0.3) is 11.1 Å². The summed E-state index contributed by atoms with van der Waals surface area (Å²) in [7, 11) is 1.68. The third kappa shape index (κ3) is 3.66. The monoisotopic (exact) mass is 376 g/mol. The fourth-order valence-electron chi connectivity index (χ4n) is 2.60. The Hall–Kier alpha value is -3.62. The molecule has 0 aliphatic rings. The first kappa shape index (κ1) is 18.2. The molecule has 132 valence electrons. The van der Waals surface area contributed by atoms with Crippen molar-refractivity contribution >= 4 is 23.5 Å². The van der Waals surface area contributed by atoms with E-state index in [0.29, 0.717) is 39.0 Å². The van der Waals surface area contributed by atoms with E-state index in [0.717, 1.165) is 5.56 Å². The van der Waals surface area contributed by atoms with Crippen LogP contribution in [0.1, 0.15) is 16.9 Å². The molecule has 0 amide bonds. The summed E-state index contributed by atoms with van der Waals surface area (Å²) in [4.78, 5) is 15.1. The molecular formula is C19H14N5O2S+. The average molecular weight is 376 g/mol. The van der Waals surface area contributed by atoms with Gasteiger partial charge >= 0.3 is 5.88 Å². The second kappa shape index (κ2) is 8.17. The Labute approximate surface area is 159 Å². The highest BCUT2D eigenvalue weighted by Gasteiger charge is 2.21. The van der Waals surface area contributed by atoms with Gasteiger partial charge in [-0.15, -0.1) is 0 Å². The second-order valence-electron chi connectivity index (χ2n) is 5.39. The van der Waals surface area contributed by atoms with Crippen molar-refractivity contribution < 1.29 is 9.59 Å². The minimum Gasteiger partial charge on any atom is -0.406 e. The van der Waals surface area contributed by atoms with Crippen molar-refractivity contribution in [2.45, 2.75) is 10.8 Å². The third-order valence-corrected chi connectivity index (χ3v) is 4.80. The summed E-state index contributed by atoms with van der Waals surface area (Å²) in [5, 5.41) is 24.5. The van der Waals surface area contributed by atoms with Gasteiger partial charge in [0.05, 0.1) is 22.6 Å². The van der Waals surface area contributed by atoms with Crippen LogP contribution in [0.5, 0.6) is 0 Å². The van der Waals surface area contributed by atoms with E-state index < -0.39 is 0 Å². The van der Waals surface area contributed by atoms with Crippen molar-refractivity contribution in [2.24, 2.45) is 0 Å². The Bertz CT molecular complexity index is 1060. The molecule has 0 atom stereocenters. The Morgan fingerprint density at radius 1 is 1.15 bits per heavy atom. The molecule has 2 aromatic heterocycles. The number of benzene rings is 1. The summed E-state index contributed by atoms with van der Waals surface area (Å²) in [6.07, 6.45) is 0. The van der Waals surface area contributed by atoms with Crippen molar-refractivity contribution in [3.63, 3.8) is 0 Å². The molecule has 0 fully saturated rings. The van der Waals surface area contributed by atoms with E-state index >= 15 is 0 Å². The molecule has 0 saturated carbocycles. The summed E-state index contributed by atoms with van der Waals surface area (Å²) < 4.78 is 5.32. The van der Waals surface area contributed by atoms with Crippen LogP contribution in [0.3, 0.4) is 0 Å². The van der Waals surface area contributed by atoms with E-state index in [1.54, 1.807) is 18.3 Å². The van der Waals surface area contributed by atoms with E-state index in [9.17, 15) is 15.4 Å². The Balaban J connectivity index is 2.10. The van der Waals surface area contributed by atoms with Crippen LogP contribution in [0.2, 0.25) is 0 Å². The number of nitrogens with one attached hydrogen (secondary N) is 2. The van der Waals surface area contributed by atoms with Gasteiger partial charge < -0.3 is 9.73 Å². The second-order valence-corrected chi connectivity index (χ2v) is 6.35. The Morgan fingerprint density at radius 3 is 2.48 bits per heavy atom. The number of aromatic nitrogens is 1. The predicted molar refractivity (Wildman–Crippen MR) is 101 cm³/mol. The predicted octanol–water partition coefficient (Wildman–Crippen LogP) is 2.90. The van der Waals surface area contributed by atoms with E-state index in [-0.39, 0.29) is 5.88 Å². The average Bonchev–Trinajstić information content (AvgIpc) is 3.19. The summed E-state index contributed by atoms with van der Waals surface area (Å²) >= 11 is 1.30. The largest absolute Gasteiger partial charge is 0.418 e. The lowest BCUT2D eigenvalue weighted by atomic mass is 9.97. The van der Waals surface area contributed by atoms with Gasteiger partial charge in [-0.25, -0.2) is 4.98 Å². The van der Waals surface area contributed by atoms with Crippen molar-refractivity contribution in [3.05, 3.63) is 64.3 Å². The van der Waals surface area contributed by atoms with Gasteiger partial charge in [-0.3, -0.25) is 0 Å². The summed E-state index contributed by atoms with van der Waals surface area (Å²) in [6.45, 7) is 0. The standard InChI is InChI=1S/C19H13N5O2S/c1-22-18-14(9-20)17(12-5-3-2-4-6-12)15(10-21)19(23-18)27-11-13-7-8-16(24-25)26-13/h2-8H,11H2,1H3,(H,22,23)/p+1. The molecule has 3 aromatic rings. The minimum atomic E-state index is 0.125. The zero-order chi connectivity index (χ0) is 19.2. The first-order valence-corrected chi connectivity index (χ1v) is 8.91. The molecule has 0 spiro atoms. The lowest BCUT2D eigenvalue weighted by Crippen LogP contribution is -2.55. The lowest BCUT2D eigenvalue weighted by Gasteiger charge is -2.14. The highest BCUT2D eigenvalue weighted by molar-refractivity contribution is 7.98. The number of anilines is 1. The van der Waals surface area contributed by atoms with Gasteiger partial charge in [0, 0.05) is 17.5 Å². The van der Waals surface area contributed by atoms with Gasteiger partial charge in [-0.05, 0) is 11.6 Å². The van der Waals surface area contributed by atoms with E-state index in [1.807, 2.05) is 30.3 Å². The van der Waals surface area contributed by atoms with Crippen molar-refractivity contribution in [3.8, 4) is 23.3 Å². The Morgan fingerprint density at radius 2 is 1.89 bits per heavy atom. The van der Waals surface area contributed by atoms with Crippen LogP contribution in [0.15, 0.2) is 51.9 Å². The molecule has 0 aliphatic carbocycles. The zero-order valence-corrected chi connectivity index (χ0v) is 15.1. The molecule has 27 heavy (non-hydrogen) atoms. The first-order valence-electron chi connectivity index (χ1n) is 7.92. The number of thioether (sulfide) groups is 1. The molecule has 7 nitrogen and oxygen atoms in total. The first-order chi connectivity index (χ1) is 13.2. The van der Waals surface area contributed by atoms with Gasteiger partial charge in [0.1, 0.15) is 34.3 Å². The van der Waals surface area contributed by atoms with Crippen molar-refractivity contribution in [1.82, 2.24) is 4.98 Å². The molecule has 0 saturated heterocycles. The van der Waals surface area contributed by atoms with Crippen LogP contribution in [-0.2, 0) is 5.75 Å². The smallest absolute Gasteiger partial charge is 0.406 e. The summed E-state index contributed by atoms with van der Waals surface area (Å²) in [5.41, 5.74) is 1.96. The number of pyridine rings is 1. The topological polar surface area (TPSA) is 117 Å². The van der Waals surface area contributed by atoms with Crippen LogP contribution >= 0.6 is 11.8 Å². The van der Waals surface area contributed by atoms with E-state index in [1.165, 1.54) is 17.8 Å². The Kier molecular flexibility index (Phi) is 5.50. The maximum Gasteiger partial charge on any atom is 0.418 e. The zero-order valence-electron chi connectivity index (χ0n) is 14.3. The number of nitrogens with zero attached hydrogens (tertiary/aromatic N) is 3. The molecule has 0 bridgehead atoms. The molecule has 0 unspecified atom stereocenters. The van der Waals surface area contributed by atoms with Gasteiger partial charge in [0.15, 0.2) is 0 Å². The van der Waals surface area contributed by atoms with E-state index in [2.05, 4.69) is 22.4 Å². The third-order valence-electron chi connectivity index (χ3n) is 3.80. The number of furan rings is 1. The minimum absolute atomic E-state index is 0.125. The highest BCUT2D eigenvalue weighted by Crippen LogP contribution is 2.37. The molecule has 1 aromatic carbocycles. The number of nitriles is 2. The quantitative estimate of drug-likeness (QED) is 0.635. The van der Waals surface area contributed by atoms with Crippen LogP contribution in [0, 0.1) is 27.6 Å². The van der Waals surface area contributed by atoms with Crippen LogP contribution < -0.4 is 10.5 Å². The summed E-state index contributed by atoms with van der Waals surface area (Å²) in [6, 6.07) is 16.8.